The Morgan fingerprint density at radius 2 is 1.77 bits per heavy atom. The molecule has 3 rings (SSSR count). The molecule has 2 aromatic carbocycles. The summed E-state index contributed by atoms with van der Waals surface area (Å²) >= 11 is 1.30. The highest BCUT2D eigenvalue weighted by Gasteiger charge is 2.11. The summed E-state index contributed by atoms with van der Waals surface area (Å²) < 4.78 is 0. The average Bonchev–Trinajstić information content (AvgIpc) is 2.97. The van der Waals surface area contributed by atoms with Crippen LogP contribution in [0.4, 0.5) is 10.8 Å². The van der Waals surface area contributed by atoms with E-state index in [1.54, 1.807) is 0 Å². The first-order valence-corrected chi connectivity index (χ1v) is 7.56. The first-order chi connectivity index (χ1) is 10.7. The highest BCUT2D eigenvalue weighted by molar-refractivity contribution is 7.18. The zero-order valence-corrected chi connectivity index (χ0v) is 12.5. The van der Waals surface area contributed by atoms with Crippen molar-refractivity contribution in [3.63, 3.8) is 0 Å². The van der Waals surface area contributed by atoms with Crippen molar-refractivity contribution in [2.24, 2.45) is 0 Å². The van der Waals surface area contributed by atoms with E-state index in [0.717, 1.165) is 11.1 Å². The van der Waals surface area contributed by atoms with E-state index in [-0.39, 0.29) is 5.91 Å². The number of anilines is 2. The van der Waals surface area contributed by atoms with Gasteiger partial charge in [-0.1, -0.05) is 53.8 Å². The van der Waals surface area contributed by atoms with E-state index in [9.17, 15) is 4.79 Å². The van der Waals surface area contributed by atoms with E-state index in [0.29, 0.717) is 22.2 Å². The number of nitrogens with zero attached hydrogens (tertiary/aromatic N) is 2. The number of hydrogen-bond acceptors (Lipinski definition) is 5. The second-order valence-electron chi connectivity index (χ2n) is 4.71. The van der Waals surface area contributed by atoms with Gasteiger partial charge in [-0.15, -0.1) is 10.2 Å². The van der Waals surface area contributed by atoms with Crippen LogP contribution in [-0.4, -0.2) is 16.1 Å². The Kier molecular flexibility index (Phi) is 4.11. The van der Waals surface area contributed by atoms with Crippen molar-refractivity contribution in [2.45, 2.75) is 6.42 Å². The molecular formula is C16H14N4OS. The standard InChI is InChI=1S/C16H14N4OS/c17-13-9-5-4-8-12(13)15-19-20-16(22-15)18-14(21)10-11-6-2-1-3-7-11/h1-9H,10,17H2,(H,18,20,21). The number of para-hydroxylation sites is 1. The molecular weight excluding hydrogens is 296 g/mol. The molecule has 0 radical (unpaired) electrons. The van der Waals surface area contributed by atoms with Gasteiger partial charge >= 0.3 is 0 Å². The summed E-state index contributed by atoms with van der Waals surface area (Å²) in [5, 5.41) is 12.0. The topological polar surface area (TPSA) is 80.9 Å². The van der Waals surface area contributed by atoms with Crippen molar-refractivity contribution < 1.29 is 4.79 Å². The Morgan fingerprint density at radius 3 is 2.55 bits per heavy atom. The number of hydrogen-bond donors (Lipinski definition) is 2. The van der Waals surface area contributed by atoms with Gasteiger partial charge in [0.25, 0.3) is 0 Å². The molecule has 22 heavy (non-hydrogen) atoms. The summed E-state index contributed by atoms with van der Waals surface area (Å²) in [5.41, 5.74) is 8.33. The lowest BCUT2D eigenvalue weighted by Crippen LogP contribution is -2.14. The molecule has 110 valence electrons. The van der Waals surface area contributed by atoms with E-state index >= 15 is 0 Å². The fourth-order valence-corrected chi connectivity index (χ4v) is 2.83. The van der Waals surface area contributed by atoms with Crippen LogP contribution in [0.1, 0.15) is 5.56 Å². The van der Waals surface area contributed by atoms with Gasteiger partial charge in [0.05, 0.1) is 6.42 Å². The summed E-state index contributed by atoms with van der Waals surface area (Å²) in [4.78, 5) is 12.0. The van der Waals surface area contributed by atoms with Gasteiger partial charge in [-0.2, -0.15) is 0 Å². The number of nitrogens with two attached hydrogens (primary N) is 1. The van der Waals surface area contributed by atoms with Crippen LogP contribution in [0, 0.1) is 0 Å². The molecule has 0 aliphatic carbocycles. The maximum atomic E-state index is 12.0. The minimum Gasteiger partial charge on any atom is -0.398 e. The van der Waals surface area contributed by atoms with Gasteiger partial charge in [0.2, 0.25) is 11.0 Å². The molecule has 0 atom stereocenters. The number of rotatable bonds is 4. The summed E-state index contributed by atoms with van der Waals surface area (Å²) in [6, 6.07) is 17.0. The molecule has 5 nitrogen and oxygen atoms in total. The fraction of sp³-hybridized carbons (Fsp3) is 0.0625. The van der Waals surface area contributed by atoms with Crippen molar-refractivity contribution in [1.29, 1.82) is 0 Å². The van der Waals surface area contributed by atoms with E-state index in [1.165, 1.54) is 11.3 Å². The summed E-state index contributed by atoms with van der Waals surface area (Å²) in [6.07, 6.45) is 0.309. The van der Waals surface area contributed by atoms with E-state index < -0.39 is 0 Å². The van der Waals surface area contributed by atoms with Gasteiger partial charge in [-0.25, -0.2) is 0 Å². The van der Waals surface area contributed by atoms with Crippen molar-refractivity contribution >= 4 is 28.1 Å². The number of amides is 1. The van der Waals surface area contributed by atoms with Gasteiger partial charge in [-0.3, -0.25) is 4.79 Å². The molecule has 0 saturated carbocycles. The molecule has 1 aromatic heterocycles. The number of nitrogen functional groups attached to an aromatic ring is 1. The Hall–Kier alpha value is -2.73. The molecule has 1 heterocycles. The molecule has 0 unspecified atom stereocenters. The third kappa shape index (κ3) is 3.29. The largest absolute Gasteiger partial charge is 0.398 e. The molecule has 3 aromatic rings. The average molecular weight is 310 g/mol. The first kappa shape index (κ1) is 14.2. The molecule has 0 saturated heterocycles. The van der Waals surface area contributed by atoms with Crippen LogP contribution in [-0.2, 0) is 11.2 Å². The summed E-state index contributed by atoms with van der Waals surface area (Å²) in [5.74, 6) is -0.116. The lowest BCUT2D eigenvalue weighted by Gasteiger charge is -2.01. The smallest absolute Gasteiger partial charge is 0.230 e. The van der Waals surface area contributed by atoms with E-state index in [2.05, 4.69) is 15.5 Å². The first-order valence-electron chi connectivity index (χ1n) is 6.74. The molecule has 6 heteroatoms. The van der Waals surface area contributed by atoms with Crippen LogP contribution in [0.2, 0.25) is 0 Å². The van der Waals surface area contributed by atoms with Crippen molar-refractivity contribution in [3.05, 3.63) is 60.2 Å². The Bertz CT molecular complexity index is 786. The summed E-state index contributed by atoms with van der Waals surface area (Å²) in [6.45, 7) is 0. The maximum absolute atomic E-state index is 12.0. The van der Waals surface area contributed by atoms with Gasteiger partial charge in [0, 0.05) is 11.3 Å². The van der Waals surface area contributed by atoms with Crippen molar-refractivity contribution in [1.82, 2.24) is 10.2 Å². The fourth-order valence-electron chi connectivity index (χ4n) is 2.02. The summed E-state index contributed by atoms with van der Waals surface area (Å²) in [7, 11) is 0. The lowest BCUT2D eigenvalue weighted by atomic mass is 10.1. The predicted octanol–water partition coefficient (Wildman–Crippen LogP) is 2.97. The predicted molar refractivity (Wildman–Crippen MR) is 88.5 cm³/mol. The Morgan fingerprint density at radius 1 is 1.05 bits per heavy atom. The maximum Gasteiger partial charge on any atom is 0.230 e. The second-order valence-corrected chi connectivity index (χ2v) is 5.69. The number of benzene rings is 2. The molecule has 0 aliphatic heterocycles. The van der Waals surface area contributed by atoms with Gasteiger partial charge in [0.1, 0.15) is 0 Å². The molecule has 0 fully saturated rings. The van der Waals surface area contributed by atoms with E-state index in [4.69, 9.17) is 5.73 Å². The van der Waals surface area contributed by atoms with Gasteiger partial charge in [0.15, 0.2) is 5.01 Å². The molecule has 3 N–H and O–H groups in total. The number of carbonyl (C=O) groups is 1. The zero-order chi connectivity index (χ0) is 15.4. The minimum atomic E-state index is -0.116. The Balaban J connectivity index is 1.70. The highest BCUT2D eigenvalue weighted by Crippen LogP contribution is 2.30. The highest BCUT2D eigenvalue weighted by atomic mass is 32.1. The monoisotopic (exact) mass is 310 g/mol. The number of carbonyl (C=O) groups excluding carboxylic acids is 1. The van der Waals surface area contributed by atoms with Crippen LogP contribution in [0.25, 0.3) is 10.6 Å². The second kappa shape index (κ2) is 6.36. The quantitative estimate of drug-likeness (QED) is 0.726. The van der Waals surface area contributed by atoms with Crippen LogP contribution in [0.5, 0.6) is 0 Å². The number of nitrogens with one attached hydrogen (secondary N) is 1. The van der Waals surface area contributed by atoms with E-state index in [1.807, 2.05) is 54.6 Å². The minimum absolute atomic E-state index is 0.116. The van der Waals surface area contributed by atoms with Crippen LogP contribution in [0.15, 0.2) is 54.6 Å². The normalized spacial score (nSPS) is 10.4. The van der Waals surface area contributed by atoms with Crippen molar-refractivity contribution in [3.8, 4) is 10.6 Å². The lowest BCUT2D eigenvalue weighted by molar-refractivity contribution is -0.115. The SMILES string of the molecule is Nc1ccccc1-c1nnc(NC(=O)Cc2ccccc2)s1. The molecule has 1 amide bonds. The van der Waals surface area contributed by atoms with Crippen molar-refractivity contribution in [2.75, 3.05) is 11.1 Å². The number of aromatic nitrogens is 2. The molecule has 0 spiro atoms. The molecule has 0 aliphatic rings. The third-order valence-electron chi connectivity index (χ3n) is 3.07. The van der Waals surface area contributed by atoms with Crippen LogP contribution >= 0.6 is 11.3 Å². The van der Waals surface area contributed by atoms with Gasteiger partial charge in [-0.05, 0) is 17.7 Å². The zero-order valence-electron chi connectivity index (χ0n) is 11.7. The molecule has 0 bridgehead atoms. The van der Waals surface area contributed by atoms with Crippen LogP contribution < -0.4 is 11.1 Å². The van der Waals surface area contributed by atoms with Gasteiger partial charge < -0.3 is 11.1 Å². The Labute approximate surface area is 131 Å². The van der Waals surface area contributed by atoms with Crippen LogP contribution in [0.3, 0.4) is 0 Å². The third-order valence-corrected chi connectivity index (χ3v) is 3.94.